The van der Waals surface area contributed by atoms with E-state index in [4.69, 9.17) is 0 Å². The maximum atomic E-state index is 13.0. The van der Waals surface area contributed by atoms with Crippen molar-refractivity contribution in [3.8, 4) is 5.88 Å². The van der Waals surface area contributed by atoms with Gasteiger partial charge in [-0.15, -0.1) is 0 Å². The van der Waals surface area contributed by atoms with Crippen LogP contribution in [0, 0.1) is 5.82 Å². The van der Waals surface area contributed by atoms with Crippen LogP contribution in [0.2, 0.25) is 0 Å². The third-order valence-electron chi connectivity index (χ3n) is 1.60. The molecule has 0 aromatic carbocycles. The lowest BCUT2D eigenvalue weighted by atomic mass is 10.2. The van der Waals surface area contributed by atoms with E-state index in [2.05, 4.69) is 25.7 Å². The predicted molar refractivity (Wildman–Crippen MR) is 48.3 cm³/mol. The van der Waals surface area contributed by atoms with Crippen molar-refractivity contribution in [2.45, 2.75) is 11.8 Å². The van der Waals surface area contributed by atoms with Gasteiger partial charge in [-0.3, -0.25) is 0 Å². The average molecular weight is 270 g/mol. The molecule has 0 N–H and O–H groups in total. The minimum absolute atomic E-state index is 0.0475. The molecule has 0 aliphatic rings. The Kier molecular flexibility index (Phi) is 3.74. The molecule has 2 nitrogen and oxygen atoms in total. The Morgan fingerprint density at radius 1 is 1.57 bits per heavy atom. The molecule has 0 bridgehead atoms. The van der Waals surface area contributed by atoms with Gasteiger partial charge in [-0.25, -0.2) is 18.2 Å². The number of aromatic nitrogens is 1. The van der Waals surface area contributed by atoms with Crippen molar-refractivity contribution in [1.29, 1.82) is 0 Å². The Labute approximate surface area is 87.2 Å². The quantitative estimate of drug-likeness (QED) is 0.787. The first kappa shape index (κ1) is 11.3. The summed E-state index contributed by atoms with van der Waals surface area (Å²) < 4.78 is 42.3. The third-order valence-corrected chi connectivity index (χ3v) is 2.13. The first-order valence-corrected chi connectivity index (χ1v) is 4.79. The Balaban J connectivity index is 3.24. The van der Waals surface area contributed by atoms with E-state index in [1.807, 2.05) is 0 Å². The zero-order chi connectivity index (χ0) is 10.7. The summed E-state index contributed by atoms with van der Waals surface area (Å²) in [5.41, 5.74) is -0.485. The molecule has 0 aliphatic carbocycles. The second-order valence-corrected chi connectivity index (χ2v) is 3.01. The lowest BCUT2D eigenvalue weighted by Gasteiger charge is -2.08. The van der Waals surface area contributed by atoms with Crippen LogP contribution in [-0.2, 0) is 5.33 Å². The molecule has 14 heavy (non-hydrogen) atoms. The molecule has 0 spiro atoms. The van der Waals surface area contributed by atoms with Crippen molar-refractivity contribution in [3.63, 3.8) is 0 Å². The lowest BCUT2D eigenvalue weighted by molar-refractivity contribution is 0.145. The summed E-state index contributed by atoms with van der Waals surface area (Å²) in [6.07, 6.45) is -2.80. The Hall–Kier alpha value is -0.780. The summed E-state index contributed by atoms with van der Waals surface area (Å²) in [7, 11) is 1.21. The normalized spacial score (nSPS) is 10.7. The molecule has 0 fully saturated rings. The molecule has 0 saturated heterocycles. The van der Waals surface area contributed by atoms with E-state index in [0.717, 1.165) is 6.07 Å². The van der Waals surface area contributed by atoms with Crippen LogP contribution in [0.3, 0.4) is 0 Å². The van der Waals surface area contributed by atoms with E-state index in [1.165, 1.54) is 7.11 Å². The topological polar surface area (TPSA) is 22.1 Å². The van der Waals surface area contributed by atoms with Gasteiger partial charge in [0.2, 0.25) is 5.88 Å². The van der Waals surface area contributed by atoms with Crippen LogP contribution >= 0.6 is 15.9 Å². The van der Waals surface area contributed by atoms with Crippen molar-refractivity contribution in [2.75, 3.05) is 7.11 Å². The zero-order valence-corrected chi connectivity index (χ0v) is 8.82. The highest BCUT2D eigenvalue weighted by Gasteiger charge is 2.18. The number of hydrogen-bond donors (Lipinski definition) is 0. The third kappa shape index (κ3) is 2.17. The number of halogens is 4. The Bertz CT molecular complexity index is 333. The van der Waals surface area contributed by atoms with E-state index >= 15 is 0 Å². The molecule has 0 amide bonds. The second kappa shape index (κ2) is 4.63. The number of hydrogen-bond acceptors (Lipinski definition) is 2. The SMILES string of the molecule is COc1nc(CBr)c(F)cc1C(F)F. The average Bonchev–Trinajstić information content (AvgIpc) is 2.17. The smallest absolute Gasteiger partial charge is 0.269 e. The molecule has 0 aliphatic heterocycles. The summed E-state index contributed by atoms with van der Waals surface area (Å²) in [6.45, 7) is 0. The van der Waals surface area contributed by atoms with Gasteiger partial charge in [0.1, 0.15) is 5.82 Å². The number of rotatable bonds is 3. The molecule has 0 radical (unpaired) electrons. The summed E-state index contributed by atoms with van der Waals surface area (Å²) in [5.74, 6) is -1.01. The maximum Gasteiger partial charge on any atom is 0.269 e. The van der Waals surface area contributed by atoms with E-state index in [0.29, 0.717) is 0 Å². The highest BCUT2D eigenvalue weighted by molar-refractivity contribution is 9.08. The van der Waals surface area contributed by atoms with Crippen LogP contribution in [0.25, 0.3) is 0 Å². The molecule has 1 aromatic heterocycles. The Morgan fingerprint density at radius 3 is 2.64 bits per heavy atom. The van der Waals surface area contributed by atoms with Gasteiger partial charge in [0.05, 0.1) is 18.4 Å². The minimum atomic E-state index is -2.80. The monoisotopic (exact) mass is 269 g/mol. The van der Waals surface area contributed by atoms with E-state index in [1.54, 1.807) is 0 Å². The molecular weight excluding hydrogens is 263 g/mol. The molecule has 1 rings (SSSR count). The fourth-order valence-corrected chi connectivity index (χ4v) is 1.33. The number of pyridine rings is 1. The largest absolute Gasteiger partial charge is 0.481 e. The molecule has 78 valence electrons. The molecule has 0 atom stereocenters. The first-order valence-electron chi connectivity index (χ1n) is 3.67. The summed E-state index contributed by atoms with van der Waals surface area (Å²) in [5, 5.41) is 0.151. The lowest BCUT2D eigenvalue weighted by Crippen LogP contribution is -2.01. The van der Waals surface area contributed by atoms with Gasteiger partial charge in [0.25, 0.3) is 6.43 Å². The van der Waals surface area contributed by atoms with E-state index in [9.17, 15) is 13.2 Å². The van der Waals surface area contributed by atoms with Gasteiger partial charge in [-0.1, -0.05) is 15.9 Å². The van der Waals surface area contributed by atoms with Crippen LogP contribution < -0.4 is 4.74 Å². The molecule has 0 saturated carbocycles. The van der Waals surface area contributed by atoms with Gasteiger partial charge >= 0.3 is 0 Å². The number of nitrogens with zero attached hydrogens (tertiary/aromatic N) is 1. The second-order valence-electron chi connectivity index (χ2n) is 2.45. The fraction of sp³-hybridized carbons (Fsp3) is 0.375. The molecule has 1 heterocycles. The first-order chi connectivity index (χ1) is 6.60. The molecular formula is C8H7BrF3NO. The number of ether oxygens (including phenoxy) is 1. The molecule has 6 heteroatoms. The van der Waals surface area contributed by atoms with Crippen molar-refractivity contribution in [2.24, 2.45) is 0 Å². The number of methoxy groups -OCH3 is 1. The predicted octanol–water partition coefficient (Wildman–Crippen LogP) is 3.06. The van der Waals surface area contributed by atoms with Crippen LogP contribution in [0.5, 0.6) is 5.88 Å². The summed E-state index contributed by atoms with van der Waals surface area (Å²) in [4.78, 5) is 3.61. The summed E-state index contributed by atoms with van der Waals surface area (Å²) in [6, 6.07) is 0.743. The zero-order valence-electron chi connectivity index (χ0n) is 7.23. The van der Waals surface area contributed by atoms with Gasteiger partial charge in [0.15, 0.2) is 0 Å². The summed E-state index contributed by atoms with van der Waals surface area (Å²) >= 11 is 2.99. The van der Waals surface area contributed by atoms with Crippen LogP contribution in [0.1, 0.15) is 17.7 Å². The van der Waals surface area contributed by atoms with Gasteiger partial charge < -0.3 is 4.74 Å². The van der Waals surface area contributed by atoms with Crippen molar-refractivity contribution < 1.29 is 17.9 Å². The van der Waals surface area contributed by atoms with Crippen LogP contribution in [-0.4, -0.2) is 12.1 Å². The number of alkyl halides is 3. The van der Waals surface area contributed by atoms with E-state index < -0.39 is 17.8 Å². The van der Waals surface area contributed by atoms with Crippen molar-refractivity contribution in [1.82, 2.24) is 4.98 Å². The standard InChI is InChI=1S/C8H7BrF3NO/c1-14-8-4(7(11)12)2-5(10)6(3-9)13-8/h2,7H,3H2,1H3. The minimum Gasteiger partial charge on any atom is -0.481 e. The van der Waals surface area contributed by atoms with E-state index in [-0.39, 0.29) is 16.9 Å². The highest BCUT2D eigenvalue weighted by atomic mass is 79.9. The Morgan fingerprint density at radius 2 is 2.21 bits per heavy atom. The van der Waals surface area contributed by atoms with Crippen LogP contribution in [0.4, 0.5) is 13.2 Å². The highest BCUT2D eigenvalue weighted by Crippen LogP contribution is 2.29. The van der Waals surface area contributed by atoms with Gasteiger partial charge in [0, 0.05) is 5.33 Å². The molecule has 0 unspecified atom stereocenters. The molecule has 1 aromatic rings. The fourth-order valence-electron chi connectivity index (χ4n) is 0.936. The van der Waals surface area contributed by atoms with Crippen molar-refractivity contribution in [3.05, 3.63) is 23.1 Å². The van der Waals surface area contributed by atoms with Crippen LogP contribution in [0.15, 0.2) is 6.07 Å². The van der Waals surface area contributed by atoms with Crippen molar-refractivity contribution >= 4 is 15.9 Å². The van der Waals surface area contributed by atoms with Gasteiger partial charge in [-0.05, 0) is 6.07 Å². The maximum absolute atomic E-state index is 13.0. The van der Waals surface area contributed by atoms with Gasteiger partial charge in [-0.2, -0.15) is 0 Å².